The fourth-order valence-corrected chi connectivity index (χ4v) is 10.8. The molecule has 2 saturated carbocycles. The van der Waals surface area contributed by atoms with Crippen molar-refractivity contribution < 1.29 is 38.1 Å². The molecule has 6 N–H and O–H groups in total. The normalized spacial score (nSPS) is 30.2. The van der Waals surface area contributed by atoms with E-state index in [0.717, 1.165) is 11.1 Å². The summed E-state index contributed by atoms with van der Waals surface area (Å²) in [6, 6.07) is 12.1. The van der Waals surface area contributed by atoms with E-state index in [1.165, 1.54) is 9.80 Å². The molecule has 8 rings (SSSR count). The van der Waals surface area contributed by atoms with Gasteiger partial charge < -0.3 is 41.0 Å². The molecule has 17 heteroatoms. The molecule has 2 aromatic carbocycles. The number of hydrogen-bond acceptors (Lipinski definition) is 12. The summed E-state index contributed by atoms with van der Waals surface area (Å²) in [5, 5.41) is 6.59. The highest BCUT2D eigenvalue weighted by atomic mass is 16.5. The number of methoxy groups -OCH3 is 1. The van der Waals surface area contributed by atoms with E-state index in [1.54, 1.807) is 7.11 Å². The summed E-state index contributed by atoms with van der Waals surface area (Å²) in [5.74, 6) is 0.978. The Morgan fingerprint density at radius 2 is 1.58 bits per heavy atom. The summed E-state index contributed by atoms with van der Waals surface area (Å²) in [7, 11) is 1.59. The van der Waals surface area contributed by atoms with E-state index in [2.05, 4.69) is 25.5 Å². The highest BCUT2D eigenvalue weighted by Crippen LogP contribution is 2.53. The number of para-hydroxylation sites is 1. The molecule has 360 valence electrons. The Bertz CT molecular complexity index is 2410. The Morgan fingerprint density at radius 1 is 0.881 bits per heavy atom. The fraction of sp³-hybridized carbons (Fsp3) is 0.620. The molecule has 0 spiro atoms. The molecule has 8 atom stereocenters. The monoisotopic (exact) mass is 923 g/mol. The van der Waals surface area contributed by atoms with Gasteiger partial charge >= 0.3 is 11.4 Å². The summed E-state index contributed by atoms with van der Waals surface area (Å²) in [6.07, 6.45) is 4.09. The van der Waals surface area contributed by atoms with Gasteiger partial charge in [0.1, 0.15) is 28.5 Å². The summed E-state index contributed by atoms with van der Waals surface area (Å²) in [5.41, 5.74) is 10.6. The first kappa shape index (κ1) is 47.6. The first-order valence-electron chi connectivity index (χ1n) is 23.7. The maximum atomic E-state index is 14.4. The molecule has 2 aromatic rings. The second kappa shape index (κ2) is 17.6. The van der Waals surface area contributed by atoms with Crippen molar-refractivity contribution in [1.29, 1.82) is 0 Å². The predicted octanol–water partition coefficient (Wildman–Crippen LogP) is 5.38. The predicted molar refractivity (Wildman–Crippen MR) is 253 cm³/mol. The van der Waals surface area contributed by atoms with E-state index >= 15 is 0 Å². The molecule has 4 aliphatic heterocycles. The number of rotatable bonds is 16. The first-order valence-corrected chi connectivity index (χ1v) is 23.7. The molecule has 6 aliphatic rings. The van der Waals surface area contributed by atoms with E-state index in [-0.39, 0.29) is 66.3 Å². The lowest BCUT2D eigenvalue weighted by molar-refractivity contribution is -0.132. The number of fused-ring (bicyclic) bond motifs is 2. The molecule has 17 nitrogen and oxygen atoms in total. The Balaban J connectivity index is 0.913. The Labute approximate surface area is 393 Å². The van der Waals surface area contributed by atoms with Crippen molar-refractivity contribution in [1.82, 2.24) is 20.4 Å². The van der Waals surface area contributed by atoms with E-state index in [1.807, 2.05) is 90.9 Å². The number of benzene rings is 2. The molecule has 4 heterocycles. The highest BCUT2D eigenvalue weighted by molar-refractivity contribution is 6.00. The molecule has 4 amide bonds. The summed E-state index contributed by atoms with van der Waals surface area (Å²) < 4.78 is 25.0. The average molecular weight is 923 g/mol. The van der Waals surface area contributed by atoms with Crippen LogP contribution >= 0.6 is 0 Å². The average Bonchev–Trinajstić information content (AvgIpc) is 4.16. The van der Waals surface area contributed by atoms with Gasteiger partial charge in [-0.15, -0.1) is 0 Å². The van der Waals surface area contributed by atoms with Gasteiger partial charge in [0.25, 0.3) is 6.57 Å². The van der Waals surface area contributed by atoms with Gasteiger partial charge in [-0.2, -0.15) is 0 Å². The quantitative estimate of drug-likeness (QED) is 0.158. The topological polar surface area (TPSA) is 217 Å². The zero-order chi connectivity index (χ0) is 48.3. The number of amides is 4. The molecule has 0 saturated heterocycles. The minimum absolute atomic E-state index is 0.0125. The van der Waals surface area contributed by atoms with Crippen LogP contribution in [-0.2, 0) is 23.9 Å². The first-order chi connectivity index (χ1) is 31.6. The molecule has 0 radical (unpaired) electrons. The molecule has 0 aromatic heterocycles. The van der Waals surface area contributed by atoms with Crippen LogP contribution in [0.4, 0.5) is 0 Å². The number of aliphatic imine (C=N–C) groups is 2. The molecular formula is C50H68N9O8+. The third-order valence-electron chi connectivity index (χ3n) is 14.3. The number of ether oxygens (including phenoxy) is 4. The van der Waals surface area contributed by atoms with E-state index < -0.39 is 45.8 Å². The van der Waals surface area contributed by atoms with E-state index in [0.29, 0.717) is 82.0 Å². The third kappa shape index (κ3) is 9.91. The number of guanidine groups is 2. The maximum absolute atomic E-state index is 14.4. The molecule has 2 fully saturated rings. The lowest BCUT2D eigenvalue weighted by Crippen LogP contribution is -2.56. The van der Waals surface area contributed by atoms with Crippen molar-refractivity contribution in [2.75, 3.05) is 26.9 Å². The van der Waals surface area contributed by atoms with Crippen LogP contribution in [0, 0.1) is 24.3 Å². The molecule has 3 unspecified atom stereocenters. The Morgan fingerprint density at radius 3 is 2.28 bits per heavy atom. The number of carbonyl (C=O) groups is 4. The third-order valence-corrected chi connectivity index (χ3v) is 14.3. The molecule has 2 aliphatic carbocycles. The lowest BCUT2D eigenvalue weighted by atomic mass is 9.85. The lowest BCUT2D eigenvalue weighted by Gasteiger charge is -2.40. The number of hydrogen-bond donors (Lipinski definition) is 4. The van der Waals surface area contributed by atoms with Gasteiger partial charge in [0.2, 0.25) is 17.7 Å². The van der Waals surface area contributed by atoms with Crippen LogP contribution in [0.5, 0.6) is 17.2 Å². The summed E-state index contributed by atoms with van der Waals surface area (Å²) in [4.78, 5) is 70.9. The fourth-order valence-electron chi connectivity index (χ4n) is 10.8. The van der Waals surface area contributed by atoms with Gasteiger partial charge in [-0.3, -0.25) is 29.0 Å². The van der Waals surface area contributed by atoms with Gasteiger partial charge in [0.15, 0.2) is 11.9 Å². The van der Waals surface area contributed by atoms with Crippen LogP contribution in [0.2, 0.25) is 0 Å². The molecule has 0 bridgehead atoms. The smallest absolute Gasteiger partial charge is 0.362 e. The van der Waals surface area contributed by atoms with Crippen LogP contribution in [0.3, 0.4) is 0 Å². The van der Waals surface area contributed by atoms with Crippen LogP contribution in [0.25, 0.3) is 4.85 Å². The molecular weight excluding hydrogens is 855 g/mol. The van der Waals surface area contributed by atoms with Gasteiger partial charge in [0, 0.05) is 44.6 Å². The zero-order valence-corrected chi connectivity index (χ0v) is 40.2. The SMILES string of the molecule is C#[N+][C@]1(C(=O)N[C@H]2CC(C)(CCCOc3cccc4c3[C@@H](NC(=O)C3CC3CN3C(=O)CC(C)(C)N=C3N)CC(C)(C)O4)Oc3ccccc32)C[C@@H]1[C@@H](CCOC)N1C(=O)CC(C)(C)N=C1N. The van der Waals surface area contributed by atoms with Gasteiger partial charge in [-0.05, 0) is 98.3 Å². The van der Waals surface area contributed by atoms with Crippen molar-refractivity contribution in [2.24, 2.45) is 39.2 Å². The van der Waals surface area contributed by atoms with Crippen LogP contribution in [0.1, 0.15) is 129 Å². The number of nitrogens with zero attached hydrogens (tertiary/aromatic N) is 5. The second-order valence-electron chi connectivity index (χ2n) is 21.6. The van der Waals surface area contributed by atoms with Crippen molar-refractivity contribution in [3.05, 3.63) is 58.4 Å². The van der Waals surface area contributed by atoms with Crippen LogP contribution < -0.4 is 36.3 Å². The summed E-state index contributed by atoms with van der Waals surface area (Å²) >= 11 is 0. The van der Waals surface area contributed by atoms with Crippen molar-refractivity contribution in [2.45, 2.75) is 152 Å². The largest absolute Gasteiger partial charge is 0.493 e. The minimum atomic E-state index is -1.27. The number of nitrogens with two attached hydrogens (primary N) is 2. The standard InChI is InChI=1S/C50H67N9O8/c1-46(2)26-39(60)58(44(51)56-46)28-29-22-31(29)42(62)54-34-24-48(5,6)66-38-17-12-16-37(41(34)38)65-20-13-19-49(7)25-33(30-14-10-11-15-36(30)67-49)55-43(63)50(53-8)23-32(50)35(18-21-64-9)59-40(61)27-47(3,4)57-45(59)52/h8,10-12,14-17,29,31-35H,13,18-28H2,1-7,9H3,(H5-,51,52,54,55,56,57,62,63)/p+1/t29?,31?,32-,33+,34+,35-,49?,50-/m1/s1. The second-order valence-corrected chi connectivity index (χ2v) is 21.6. The van der Waals surface area contributed by atoms with Crippen molar-refractivity contribution >= 4 is 35.5 Å². The highest BCUT2D eigenvalue weighted by Gasteiger charge is 2.75. The van der Waals surface area contributed by atoms with E-state index in [4.69, 9.17) is 37.0 Å². The van der Waals surface area contributed by atoms with Crippen molar-refractivity contribution in [3.8, 4) is 23.8 Å². The minimum Gasteiger partial charge on any atom is -0.493 e. The zero-order valence-electron chi connectivity index (χ0n) is 40.2. The van der Waals surface area contributed by atoms with Gasteiger partial charge in [-0.1, -0.05) is 29.1 Å². The van der Waals surface area contributed by atoms with Crippen molar-refractivity contribution in [3.63, 3.8) is 0 Å². The molecule has 67 heavy (non-hydrogen) atoms. The van der Waals surface area contributed by atoms with Gasteiger partial charge in [-0.25, -0.2) is 9.98 Å². The number of nitrogens with one attached hydrogen (secondary N) is 2. The van der Waals surface area contributed by atoms with Gasteiger partial charge in [0.05, 0.1) is 66.6 Å². The Kier molecular flexibility index (Phi) is 12.5. The number of carbonyl (C=O) groups excluding carboxylic acids is 4. The summed E-state index contributed by atoms with van der Waals surface area (Å²) in [6.45, 7) is 20.7. The van der Waals surface area contributed by atoms with Crippen LogP contribution in [0.15, 0.2) is 52.4 Å². The maximum Gasteiger partial charge on any atom is 0.362 e. The van der Waals surface area contributed by atoms with E-state index in [9.17, 15) is 19.2 Å². The van der Waals surface area contributed by atoms with Crippen LogP contribution in [-0.4, -0.2) is 106 Å². The Hall–Kier alpha value is -5.89.